The Labute approximate surface area is 75.9 Å². The van der Waals surface area contributed by atoms with Gasteiger partial charge in [0.25, 0.3) is 0 Å². The smallest absolute Gasteiger partial charge is 0.0842 e. The molecule has 1 heterocycles. The van der Waals surface area contributed by atoms with Gasteiger partial charge in [0.2, 0.25) is 0 Å². The van der Waals surface area contributed by atoms with Crippen LogP contribution in [0.3, 0.4) is 0 Å². The average molecular weight is 185 g/mol. The third-order valence-corrected chi connectivity index (χ3v) is 3.92. The van der Waals surface area contributed by atoms with Crippen LogP contribution in [-0.2, 0) is 0 Å². The van der Waals surface area contributed by atoms with E-state index >= 15 is 0 Å². The van der Waals surface area contributed by atoms with E-state index in [-0.39, 0.29) is 0 Å². The number of hydrogen-bond acceptors (Lipinski definition) is 1. The molecule has 1 N–H and O–H groups in total. The molecule has 0 amide bonds. The van der Waals surface area contributed by atoms with Gasteiger partial charge < -0.3 is 5.32 Å². The van der Waals surface area contributed by atoms with E-state index in [0.29, 0.717) is 6.04 Å². The zero-order valence-electron chi connectivity index (χ0n) is 6.13. The number of thiocarbonyl (C=S) groups is 1. The van der Waals surface area contributed by atoms with Crippen LogP contribution in [0.5, 0.6) is 0 Å². The highest BCUT2D eigenvalue weighted by Crippen LogP contribution is 2.28. The Hall–Kier alpha value is -0.280. The van der Waals surface area contributed by atoms with E-state index in [1.807, 2.05) is 0 Å². The van der Waals surface area contributed by atoms with E-state index in [4.69, 9.17) is 12.2 Å². The summed E-state index contributed by atoms with van der Waals surface area (Å²) in [6.07, 6.45) is 7.68. The Balaban J connectivity index is 2.16. The molecular weight excluding hydrogens is 174 g/mol. The normalized spacial score (nSPS) is 32.5. The highest BCUT2D eigenvalue weighted by molar-refractivity contribution is 8.04. The first kappa shape index (κ1) is 7.37. The molecule has 0 saturated carbocycles. The number of fused-ring (bicyclic) bond motifs is 1. The average Bonchev–Trinajstić information content (AvgIpc) is 2.04. The summed E-state index contributed by atoms with van der Waals surface area (Å²) in [5.41, 5.74) is 0. The van der Waals surface area contributed by atoms with Crippen molar-refractivity contribution in [1.29, 1.82) is 0 Å². The minimum Gasteiger partial charge on any atom is -0.371 e. The van der Waals surface area contributed by atoms with Crippen LogP contribution in [0.25, 0.3) is 0 Å². The Bertz CT molecular complexity index is 242. The van der Waals surface area contributed by atoms with Crippen molar-refractivity contribution in [2.24, 2.45) is 0 Å². The van der Waals surface area contributed by atoms with Gasteiger partial charge in [-0.05, 0) is 11.3 Å². The molecular formula is C8H11NS2. The fourth-order valence-corrected chi connectivity index (χ4v) is 2.85. The van der Waals surface area contributed by atoms with E-state index in [1.54, 1.807) is 4.91 Å². The van der Waals surface area contributed by atoms with Crippen molar-refractivity contribution in [3.05, 3.63) is 23.1 Å². The van der Waals surface area contributed by atoms with Gasteiger partial charge in [-0.2, -0.15) is 0 Å². The number of allylic oxidation sites excluding steroid dienone is 2. The molecule has 1 fully saturated rings. The molecule has 1 aliphatic carbocycles. The molecule has 1 aliphatic heterocycles. The predicted molar refractivity (Wildman–Crippen MR) is 56.6 cm³/mol. The highest BCUT2D eigenvalue weighted by Gasteiger charge is 2.19. The molecule has 2 aliphatic rings. The maximum Gasteiger partial charge on any atom is 0.0842 e. The van der Waals surface area contributed by atoms with Gasteiger partial charge in [-0.3, -0.25) is 0 Å². The second-order valence-corrected chi connectivity index (χ2v) is 4.54. The van der Waals surface area contributed by atoms with Gasteiger partial charge in [-0.25, -0.2) is 11.8 Å². The minimum absolute atomic E-state index is 0.527. The molecule has 60 valence electrons. The van der Waals surface area contributed by atoms with Gasteiger partial charge >= 0.3 is 0 Å². The first-order valence-corrected chi connectivity index (χ1v) is 5.38. The van der Waals surface area contributed by atoms with Crippen molar-refractivity contribution >= 4 is 29.0 Å². The predicted octanol–water partition coefficient (Wildman–Crippen LogP) is 1.33. The SMILES string of the molecule is S=C1C[SH2]C2=CC=CCC2N1. The Kier molecular flexibility index (Phi) is 2.00. The Morgan fingerprint density at radius 2 is 2.55 bits per heavy atom. The van der Waals surface area contributed by atoms with Gasteiger partial charge in [0, 0.05) is 5.75 Å². The molecule has 0 spiro atoms. The molecule has 0 aromatic heterocycles. The summed E-state index contributed by atoms with van der Waals surface area (Å²) >= 11 is 6.04. The van der Waals surface area contributed by atoms with Gasteiger partial charge in [-0.1, -0.05) is 30.4 Å². The summed E-state index contributed by atoms with van der Waals surface area (Å²) in [6.45, 7) is 0. The lowest BCUT2D eigenvalue weighted by Crippen LogP contribution is -2.39. The maximum atomic E-state index is 5.12. The van der Waals surface area contributed by atoms with Crippen molar-refractivity contribution in [3.8, 4) is 0 Å². The number of hydrogen-bond donors (Lipinski definition) is 1. The molecule has 3 heteroatoms. The van der Waals surface area contributed by atoms with Crippen LogP contribution >= 0.6 is 24.0 Å². The molecule has 1 saturated heterocycles. The molecule has 1 unspecified atom stereocenters. The van der Waals surface area contributed by atoms with Gasteiger partial charge in [0.05, 0.1) is 11.0 Å². The second kappa shape index (κ2) is 2.99. The van der Waals surface area contributed by atoms with Gasteiger partial charge in [0.15, 0.2) is 0 Å². The van der Waals surface area contributed by atoms with Crippen LogP contribution in [0.4, 0.5) is 0 Å². The lowest BCUT2D eigenvalue weighted by molar-refractivity contribution is 0.723. The maximum absolute atomic E-state index is 5.12. The zero-order chi connectivity index (χ0) is 7.68. The van der Waals surface area contributed by atoms with Crippen molar-refractivity contribution in [3.63, 3.8) is 0 Å². The van der Waals surface area contributed by atoms with Gasteiger partial charge in [-0.15, -0.1) is 0 Å². The summed E-state index contributed by atoms with van der Waals surface area (Å²) in [5.74, 6) is 1.06. The van der Waals surface area contributed by atoms with Crippen molar-refractivity contribution in [1.82, 2.24) is 5.32 Å². The monoisotopic (exact) mass is 185 g/mol. The Morgan fingerprint density at radius 3 is 3.45 bits per heavy atom. The van der Waals surface area contributed by atoms with E-state index in [2.05, 4.69) is 23.5 Å². The molecule has 1 atom stereocenters. The fraction of sp³-hybridized carbons (Fsp3) is 0.375. The molecule has 0 aromatic rings. The lowest BCUT2D eigenvalue weighted by atomic mass is 10.1. The topological polar surface area (TPSA) is 12.0 Å². The number of nitrogens with one attached hydrogen (secondary N) is 1. The van der Waals surface area contributed by atoms with Crippen LogP contribution in [0.1, 0.15) is 6.42 Å². The summed E-state index contributed by atoms with van der Waals surface area (Å²) in [6, 6.07) is 0.527. The van der Waals surface area contributed by atoms with Crippen LogP contribution in [0.15, 0.2) is 23.1 Å². The van der Waals surface area contributed by atoms with Crippen LogP contribution in [0.2, 0.25) is 0 Å². The Morgan fingerprint density at radius 1 is 1.64 bits per heavy atom. The first-order valence-electron chi connectivity index (χ1n) is 3.76. The van der Waals surface area contributed by atoms with E-state index in [1.165, 1.54) is 0 Å². The van der Waals surface area contributed by atoms with Gasteiger partial charge in [0.1, 0.15) is 0 Å². The summed E-state index contributed by atoms with van der Waals surface area (Å²) in [5, 5.41) is 3.34. The molecule has 1 nitrogen and oxygen atoms in total. The van der Waals surface area contributed by atoms with E-state index in [0.717, 1.165) is 28.9 Å². The van der Waals surface area contributed by atoms with Crippen molar-refractivity contribution < 1.29 is 0 Å². The van der Waals surface area contributed by atoms with E-state index in [9.17, 15) is 0 Å². The molecule has 0 radical (unpaired) electrons. The fourth-order valence-electron chi connectivity index (χ4n) is 1.38. The summed E-state index contributed by atoms with van der Waals surface area (Å²) in [7, 11) is 0. The van der Waals surface area contributed by atoms with Crippen LogP contribution in [0, 0.1) is 0 Å². The number of rotatable bonds is 0. The molecule has 0 aromatic carbocycles. The quantitative estimate of drug-likeness (QED) is 0.571. The standard InChI is InChI=1S/C8H11NS2/c10-8-5-11-7-4-2-1-3-6(7)9-8/h1-2,4,6H,3,5,11H2,(H,9,10). The van der Waals surface area contributed by atoms with Crippen LogP contribution in [-0.4, -0.2) is 16.8 Å². The molecule has 2 rings (SSSR count). The van der Waals surface area contributed by atoms with Crippen molar-refractivity contribution in [2.45, 2.75) is 12.5 Å². The van der Waals surface area contributed by atoms with Crippen LogP contribution < -0.4 is 5.32 Å². The molecule has 0 bridgehead atoms. The second-order valence-electron chi connectivity index (χ2n) is 2.76. The largest absolute Gasteiger partial charge is 0.371 e. The van der Waals surface area contributed by atoms with Crippen molar-refractivity contribution in [2.75, 3.05) is 5.75 Å². The third-order valence-electron chi connectivity index (χ3n) is 1.95. The summed E-state index contributed by atoms with van der Waals surface area (Å²) < 4.78 is 0. The minimum atomic E-state index is 0.527. The lowest BCUT2D eigenvalue weighted by Gasteiger charge is -2.30. The first-order chi connectivity index (χ1) is 5.36. The van der Waals surface area contributed by atoms with E-state index < -0.39 is 0 Å². The molecule has 11 heavy (non-hydrogen) atoms. The third kappa shape index (κ3) is 1.49. The summed E-state index contributed by atoms with van der Waals surface area (Å²) in [4.78, 5) is 2.59. The zero-order valence-corrected chi connectivity index (χ0v) is 7.95. The highest BCUT2D eigenvalue weighted by atomic mass is 32.2.